The molecule has 6 nitrogen and oxygen atoms in total. The highest BCUT2D eigenvalue weighted by Gasteiger charge is 2.35. The van der Waals surface area contributed by atoms with Gasteiger partial charge in [-0.25, -0.2) is 4.39 Å². The number of aromatic nitrogens is 1. The van der Waals surface area contributed by atoms with Crippen LogP contribution in [0.2, 0.25) is 5.02 Å². The first-order valence-corrected chi connectivity index (χ1v) is 10.7. The van der Waals surface area contributed by atoms with Crippen molar-refractivity contribution in [1.82, 2.24) is 9.88 Å². The molecular weight excluding hydrogens is 435 g/mol. The second-order valence-electron chi connectivity index (χ2n) is 7.95. The van der Waals surface area contributed by atoms with Crippen LogP contribution in [0.4, 0.5) is 4.39 Å². The molecular formula is C24H20ClFN2O4. The van der Waals surface area contributed by atoms with Crippen LogP contribution >= 0.6 is 11.6 Å². The van der Waals surface area contributed by atoms with E-state index in [9.17, 15) is 14.0 Å². The molecule has 5 rings (SSSR count). The minimum absolute atomic E-state index is 0.0380. The van der Waals surface area contributed by atoms with E-state index in [-0.39, 0.29) is 22.5 Å². The summed E-state index contributed by atoms with van der Waals surface area (Å²) < 4.78 is 24.9. The summed E-state index contributed by atoms with van der Waals surface area (Å²) in [6, 6.07) is 9.21. The zero-order valence-electron chi connectivity index (χ0n) is 17.2. The number of benzene rings is 2. The number of H-pyrrole nitrogens is 1. The number of amides is 1. The number of nitrogens with one attached hydrogen (secondary N) is 1. The predicted octanol–water partition coefficient (Wildman–Crippen LogP) is 4.27. The third kappa shape index (κ3) is 3.62. The van der Waals surface area contributed by atoms with Crippen molar-refractivity contribution in [3.05, 3.63) is 75.6 Å². The molecule has 164 valence electrons. The average Bonchev–Trinajstić information content (AvgIpc) is 3.15. The molecule has 2 aliphatic rings. The Morgan fingerprint density at radius 1 is 1.25 bits per heavy atom. The number of carbonyl (C=O) groups is 1. The van der Waals surface area contributed by atoms with Crippen LogP contribution < -0.4 is 10.3 Å². The number of nitrogens with zero attached hydrogens (tertiary/aromatic N) is 1. The van der Waals surface area contributed by atoms with Gasteiger partial charge in [0.2, 0.25) is 0 Å². The Morgan fingerprint density at radius 3 is 2.91 bits per heavy atom. The highest BCUT2D eigenvalue weighted by atomic mass is 35.5. The number of ether oxygens (including phenoxy) is 2. The third-order valence-corrected chi connectivity index (χ3v) is 6.21. The lowest BCUT2D eigenvalue weighted by Crippen LogP contribution is -2.47. The van der Waals surface area contributed by atoms with E-state index in [4.69, 9.17) is 21.1 Å². The summed E-state index contributed by atoms with van der Waals surface area (Å²) in [5.74, 6) is 0.781. The quantitative estimate of drug-likeness (QED) is 0.639. The molecule has 32 heavy (non-hydrogen) atoms. The Labute approximate surface area is 188 Å². The molecule has 2 unspecified atom stereocenters. The van der Waals surface area contributed by atoms with Crippen molar-refractivity contribution in [3.8, 4) is 16.9 Å². The Morgan fingerprint density at radius 2 is 2.09 bits per heavy atom. The maximum absolute atomic E-state index is 13.5. The normalized spacial score (nSPS) is 18.3. The van der Waals surface area contributed by atoms with E-state index in [0.29, 0.717) is 40.8 Å². The smallest absolute Gasteiger partial charge is 0.264 e. The molecule has 2 atom stereocenters. The van der Waals surface area contributed by atoms with E-state index >= 15 is 0 Å². The number of pyridine rings is 1. The molecule has 2 aromatic carbocycles. The number of hydrogen-bond donors (Lipinski definition) is 1. The SMILES string of the molecule is CC(Oc1ccc2c(-c3ccc(F)cc3Cl)c[nH]c(=O)c2c1)C(=O)N1CC=C2CC1CO2. The van der Waals surface area contributed by atoms with Gasteiger partial charge in [-0.15, -0.1) is 0 Å². The largest absolute Gasteiger partial charge is 0.496 e. The van der Waals surface area contributed by atoms with Crippen LogP contribution in [0.1, 0.15) is 13.3 Å². The van der Waals surface area contributed by atoms with Crippen LogP contribution in [0.5, 0.6) is 5.75 Å². The lowest BCUT2D eigenvalue weighted by atomic mass is 10.0. The molecule has 0 saturated carbocycles. The van der Waals surface area contributed by atoms with Gasteiger partial charge in [0, 0.05) is 30.3 Å². The van der Waals surface area contributed by atoms with Crippen LogP contribution in [-0.4, -0.2) is 41.1 Å². The number of fused-ring (bicyclic) bond motifs is 3. The van der Waals surface area contributed by atoms with Crippen LogP contribution in [0.25, 0.3) is 21.9 Å². The molecule has 1 amide bonds. The van der Waals surface area contributed by atoms with E-state index < -0.39 is 11.9 Å². The van der Waals surface area contributed by atoms with Crippen molar-refractivity contribution < 1.29 is 18.7 Å². The third-order valence-electron chi connectivity index (χ3n) is 5.89. The Bertz CT molecular complexity index is 1320. The molecule has 0 radical (unpaired) electrons. The Hall–Kier alpha value is -3.32. The van der Waals surface area contributed by atoms with E-state index in [0.717, 1.165) is 12.2 Å². The van der Waals surface area contributed by atoms with Gasteiger partial charge < -0.3 is 19.4 Å². The molecule has 8 heteroatoms. The van der Waals surface area contributed by atoms with Crippen LogP contribution in [0.15, 0.2) is 59.2 Å². The van der Waals surface area contributed by atoms with Gasteiger partial charge in [0.25, 0.3) is 11.5 Å². The number of rotatable bonds is 4. The molecule has 1 fully saturated rings. The lowest BCUT2D eigenvalue weighted by Gasteiger charge is -2.30. The number of halogens is 2. The Kier molecular flexibility index (Phi) is 5.13. The lowest BCUT2D eigenvalue weighted by molar-refractivity contribution is -0.139. The fourth-order valence-corrected chi connectivity index (χ4v) is 4.52. The van der Waals surface area contributed by atoms with Gasteiger partial charge in [0.1, 0.15) is 18.2 Å². The van der Waals surface area contributed by atoms with Gasteiger partial charge in [0.15, 0.2) is 6.10 Å². The fraction of sp³-hybridized carbons (Fsp3) is 0.250. The van der Waals surface area contributed by atoms with E-state index in [2.05, 4.69) is 4.98 Å². The average molecular weight is 455 g/mol. The second kappa shape index (κ2) is 7.98. The minimum atomic E-state index is -0.725. The zero-order chi connectivity index (χ0) is 22.4. The first-order chi connectivity index (χ1) is 15.4. The van der Waals surface area contributed by atoms with Crippen molar-refractivity contribution in [2.24, 2.45) is 0 Å². The summed E-state index contributed by atoms with van der Waals surface area (Å²) in [6.45, 7) is 2.70. The molecule has 2 aliphatic heterocycles. The Balaban J connectivity index is 1.43. The zero-order valence-corrected chi connectivity index (χ0v) is 18.0. The van der Waals surface area contributed by atoms with Crippen LogP contribution in [-0.2, 0) is 9.53 Å². The van der Waals surface area contributed by atoms with Gasteiger partial charge in [-0.05, 0) is 54.8 Å². The molecule has 1 aromatic heterocycles. The van der Waals surface area contributed by atoms with Crippen LogP contribution in [0.3, 0.4) is 0 Å². The summed E-state index contributed by atoms with van der Waals surface area (Å²) in [7, 11) is 0. The highest BCUT2D eigenvalue weighted by Crippen LogP contribution is 2.34. The summed E-state index contributed by atoms with van der Waals surface area (Å²) in [6.07, 6.45) is 3.49. The van der Waals surface area contributed by atoms with Gasteiger partial charge >= 0.3 is 0 Å². The van der Waals surface area contributed by atoms with Gasteiger partial charge in [-0.1, -0.05) is 11.6 Å². The molecule has 3 heterocycles. The first-order valence-electron chi connectivity index (χ1n) is 10.3. The highest BCUT2D eigenvalue weighted by molar-refractivity contribution is 6.33. The molecule has 0 spiro atoms. The molecule has 1 saturated heterocycles. The predicted molar refractivity (Wildman–Crippen MR) is 119 cm³/mol. The summed E-state index contributed by atoms with van der Waals surface area (Å²) >= 11 is 6.23. The summed E-state index contributed by atoms with van der Waals surface area (Å²) in [4.78, 5) is 29.9. The number of aromatic amines is 1. The molecule has 1 N–H and O–H groups in total. The van der Waals surface area contributed by atoms with E-state index in [1.54, 1.807) is 42.3 Å². The maximum atomic E-state index is 13.5. The first kappa shape index (κ1) is 20.6. The van der Waals surface area contributed by atoms with Crippen molar-refractivity contribution in [2.45, 2.75) is 25.5 Å². The monoisotopic (exact) mass is 454 g/mol. The summed E-state index contributed by atoms with van der Waals surface area (Å²) in [5.41, 5.74) is 0.962. The van der Waals surface area contributed by atoms with Crippen molar-refractivity contribution in [1.29, 1.82) is 0 Å². The molecule has 2 bridgehead atoms. The molecule has 0 aliphatic carbocycles. The van der Waals surface area contributed by atoms with Crippen molar-refractivity contribution >= 4 is 28.3 Å². The van der Waals surface area contributed by atoms with Gasteiger partial charge in [0.05, 0.1) is 22.2 Å². The maximum Gasteiger partial charge on any atom is 0.264 e. The van der Waals surface area contributed by atoms with Crippen molar-refractivity contribution in [3.63, 3.8) is 0 Å². The summed E-state index contributed by atoms with van der Waals surface area (Å²) in [5, 5.41) is 1.27. The standard InChI is InChI=1S/C24H20ClFN2O4/c1-13(24(30)28-7-6-16-9-15(28)12-31-16)32-17-3-5-18-20(10-17)23(29)27-11-21(18)19-4-2-14(26)8-22(19)25/h2-6,8,10-11,13,15H,7,9,12H2,1H3,(H,27,29). The van der Waals surface area contributed by atoms with E-state index in [1.807, 2.05) is 6.08 Å². The topological polar surface area (TPSA) is 71.6 Å². The minimum Gasteiger partial charge on any atom is -0.496 e. The molecule has 3 aromatic rings. The second-order valence-corrected chi connectivity index (χ2v) is 8.36. The number of hydrogen-bond acceptors (Lipinski definition) is 4. The van der Waals surface area contributed by atoms with Crippen LogP contribution in [0, 0.1) is 5.82 Å². The van der Waals surface area contributed by atoms with E-state index in [1.165, 1.54) is 12.1 Å². The van der Waals surface area contributed by atoms with Crippen molar-refractivity contribution in [2.75, 3.05) is 13.2 Å². The van der Waals surface area contributed by atoms with Gasteiger partial charge in [-0.2, -0.15) is 0 Å². The number of carbonyl (C=O) groups excluding carboxylic acids is 1. The van der Waals surface area contributed by atoms with Gasteiger partial charge in [-0.3, -0.25) is 9.59 Å². The fourth-order valence-electron chi connectivity index (χ4n) is 4.25.